The zero-order chi connectivity index (χ0) is 17.4. The molecule has 4 rings (SSSR count). The average molecular weight is 358 g/mol. The Hall–Kier alpha value is -2.15. The SMILES string of the molecule is CN(c1nc(NC2CC2)cc(-c2ccccc2)n1)C1CCS(=O)(=O)C1. The Morgan fingerprint density at radius 1 is 1.12 bits per heavy atom. The zero-order valence-corrected chi connectivity index (χ0v) is 15.0. The second-order valence-electron chi connectivity index (χ2n) is 6.89. The number of nitrogens with zero attached hydrogens (tertiary/aromatic N) is 3. The lowest BCUT2D eigenvalue weighted by molar-refractivity contribution is 0.600. The molecule has 1 unspecified atom stereocenters. The highest BCUT2D eigenvalue weighted by molar-refractivity contribution is 7.91. The predicted molar refractivity (Wildman–Crippen MR) is 99.6 cm³/mol. The molecule has 1 atom stereocenters. The summed E-state index contributed by atoms with van der Waals surface area (Å²) in [5, 5.41) is 3.43. The van der Waals surface area contributed by atoms with Crippen molar-refractivity contribution in [3.63, 3.8) is 0 Å². The van der Waals surface area contributed by atoms with Crippen molar-refractivity contribution in [2.45, 2.75) is 31.3 Å². The van der Waals surface area contributed by atoms with Crippen LogP contribution in [0.4, 0.5) is 11.8 Å². The quantitative estimate of drug-likeness (QED) is 0.884. The molecule has 1 saturated heterocycles. The maximum Gasteiger partial charge on any atom is 0.227 e. The summed E-state index contributed by atoms with van der Waals surface area (Å²) in [6, 6.07) is 12.4. The first-order valence-corrected chi connectivity index (χ1v) is 10.5. The zero-order valence-electron chi connectivity index (χ0n) is 14.2. The van der Waals surface area contributed by atoms with Crippen LogP contribution in [0.15, 0.2) is 36.4 Å². The lowest BCUT2D eigenvalue weighted by Gasteiger charge is -2.24. The van der Waals surface area contributed by atoms with Crippen LogP contribution in [-0.2, 0) is 9.84 Å². The van der Waals surface area contributed by atoms with Crippen molar-refractivity contribution >= 4 is 21.6 Å². The van der Waals surface area contributed by atoms with Gasteiger partial charge in [-0.3, -0.25) is 0 Å². The number of sulfone groups is 1. The molecule has 2 fully saturated rings. The molecule has 6 nitrogen and oxygen atoms in total. The summed E-state index contributed by atoms with van der Waals surface area (Å²) >= 11 is 0. The number of rotatable bonds is 5. The van der Waals surface area contributed by atoms with Crippen molar-refractivity contribution in [2.75, 3.05) is 28.8 Å². The van der Waals surface area contributed by atoms with E-state index in [1.54, 1.807) is 0 Å². The van der Waals surface area contributed by atoms with E-state index in [0.29, 0.717) is 18.4 Å². The van der Waals surface area contributed by atoms with Crippen molar-refractivity contribution in [3.8, 4) is 11.3 Å². The van der Waals surface area contributed by atoms with Gasteiger partial charge in [0.2, 0.25) is 5.95 Å². The van der Waals surface area contributed by atoms with Crippen LogP contribution in [0.1, 0.15) is 19.3 Å². The topological polar surface area (TPSA) is 75.2 Å². The largest absolute Gasteiger partial charge is 0.367 e. The molecule has 1 aromatic carbocycles. The third-order valence-corrected chi connectivity index (χ3v) is 6.54. The van der Waals surface area contributed by atoms with Gasteiger partial charge in [0, 0.05) is 30.8 Å². The number of nitrogens with one attached hydrogen (secondary N) is 1. The monoisotopic (exact) mass is 358 g/mol. The van der Waals surface area contributed by atoms with Gasteiger partial charge in [0.05, 0.1) is 17.2 Å². The highest BCUT2D eigenvalue weighted by Gasteiger charge is 2.32. The first-order valence-electron chi connectivity index (χ1n) is 8.64. The second kappa shape index (κ2) is 6.29. The maximum atomic E-state index is 11.8. The van der Waals surface area contributed by atoms with Crippen LogP contribution >= 0.6 is 0 Å². The molecule has 1 saturated carbocycles. The van der Waals surface area contributed by atoms with Crippen LogP contribution in [0, 0.1) is 0 Å². The number of hydrogen-bond acceptors (Lipinski definition) is 6. The van der Waals surface area contributed by atoms with Crippen molar-refractivity contribution < 1.29 is 8.42 Å². The molecule has 25 heavy (non-hydrogen) atoms. The summed E-state index contributed by atoms with van der Waals surface area (Å²) in [7, 11) is -1.06. The van der Waals surface area contributed by atoms with Crippen LogP contribution in [0.5, 0.6) is 0 Å². The predicted octanol–water partition coefficient (Wildman–Crippen LogP) is 2.34. The Morgan fingerprint density at radius 2 is 1.88 bits per heavy atom. The molecule has 2 aliphatic rings. The van der Waals surface area contributed by atoms with Crippen LogP contribution < -0.4 is 10.2 Å². The minimum Gasteiger partial charge on any atom is -0.367 e. The molecule has 7 heteroatoms. The molecule has 1 aliphatic carbocycles. The van der Waals surface area contributed by atoms with Crippen molar-refractivity contribution in [1.29, 1.82) is 0 Å². The maximum absolute atomic E-state index is 11.8. The van der Waals surface area contributed by atoms with Gasteiger partial charge in [-0.2, -0.15) is 4.98 Å². The molecule has 132 valence electrons. The van der Waals surface area contributed by atoms with E-state index in [0.717, 1.165) is 29.9 Å². The number of benzene rings is 1. The molecule has 2 heterocycles. The van der Waals surface area contributed by atoms with Crippen molar-refractivity contribution in [2.24, 2.45) is 0 Å². The minimum atomic E-state index is -2.94. The van der Waals surface area contributed by atoms with E-state index in [-0.39, 0.29) is 17.5 Å². The summed E-state index contributed by atoms with van der Waals surface area (Å²) in [5.74, 6) is 1.80. The molecule has 1 N–H and O–H groups in total. The third-order valence-electron chi connectivity index (χ3n) is 4.78. The van der Waals surface area contributed by atoms with Gasteiger partial charge < -0.3 is 10.2 Å². The Kier molecular flexibility index (Phi) is 4.11. The molecule has 0 radical (unpaired) electrons. The van der Waals surface area contributed by atoms with Gasteiger partial charge in [-0.25, -0.2) is 13.4 Å². The van der Waals surface area contributed by atoms with Crippen LogP contribution in [0.25, 0.3) is 11.3 Å². The van der Waals surface area contributed by atoms with E-state index in [1.165, 1.54) is 0 Å². The first-order chi connectivity index (χ1) is 12.0. The van der Waals surface area contributed by atoms with E-state index in [1.807, 2.05) is 48.3 Å². The molecule has 1 aliphatic heterocycles. The summed E-state index contributed by atoms with van der Waals surface area (Å²) < 4.78 is 23.6. The van der Waals surface area contributed by atoms with Gasteiger partial charge in [-0.15, -0.1) is 0 Å². The van der Waals surface area contributed by atoms with E-state index in [2.05, 4.69) is 10.3 Å². The fourth-order valence-corrected chi connectivity index (χ4v) is 4.88. The molecule has 0 spiro atoms. The van der Waals surface area contributed by atoms with E-state index < -0.39 is 9.84 Å². The van der Waals surface area contributed by atoms with Crippen LogP contribution in [-0.4, -0.2) is 49.0 Å². The Balaban J connectivity index is 1.68. The normalized spacial score (nSPS) is 21.9. The highest BCUT2D eigenvalue weighted by Crippen LogP contribution is 2.29. The summed E-state index contributed by atoms with van der Waals surface area (Å²) in [6.07, 6.45) is 2.95. The standard InChI is InChI=1S/C18H22N4O2S/c1-22(15-9-10-25(23,24)12-15)18-20-16(13-5-3-2-4-6-13)11-17(21-18)19-14-7-8-14/h2-6,11,14-15H,7-10,12H2,1H3,(H,19,20,21). The molecule has 1 aromatic heterocycles. The van der Waals surface area contributed by atoms with Gasteiger partial charge >= 0.3 is 0 Å². The smallest absolute Gasteiger partial charge is 0.227 e. The molecule has 0 bridgehead atoms. The van der Waals surface area contributed by atoms with Gasteiger partial charge in [-0.05, 0) is 19.3 Å². The van der Waals surface area contributed by atoms with E-state index >= 15 is 0 Å². The van der Waals surface area contributed by atoms with E-state index in [4.69, 9.17) is 4.98 Å². The van der Waals surface area contributed by atoms with Crippen molar-refractivity contribution in [3.05, 3.63) is 36.4 Å². The Labute approximate surface area is 148 Å². The lowest BCUT2D eigenvalue weighted by Crippen LogP contribution is -2.34. The van der Waals surface area contributed by atoms with Gasteiger partial charge in [0.15, 0.2) is 9.84 Å². The summed E-state index contributed by atoms with van der Waals surface area (Å²) in [6.45, 7) is 0. The minimum absolute atomic E-state index is 0.0650. The Bertz CT molecular complexity index is 866. The number of anilines is 2. The number of aromatic nitrogens is 2. The van der Waals surface area contributed by atoms with Gasteiger partial charge in [0.1, 0.15) is 5.82 Å². The first kappa shape index (κ1) is 16.3. The van der Waals surface area contributed by atoms with Gasteiger partial charge in [-0.1, -0.05) is 30.3 Å². The van der Waals surface area contributed by atoms with E-state index in [9.17, 15) is 8.42 Å². The summed E-state index contributed by atoms with van der Waals surface area (Å²) in [5.41, 5.74) is 1.87. The molecule has 2 aromatic rings. The van der Waals surface area contributed by atoms with Crippen molar-refractivity contribution in [1.82, 2.24) is 9.97 Å². The fourth-order valence-electron chi connectivity index (χ4n) is 3.10. The van der Waals surface area contributed by atoms with Crippen LogP contribution in [0.3, 0.4) is 0 Å². The fraction of sp³-hybridized carbons (Fsp3) is 0.444. The Morgan fingerprint density at radius 3 is 2.52 bits per heavy atom. The van der Waals surface area contributed by atoms with Crippen LogP contribution in [0.2, 0.25) is 0 Å². The summed E-state index contributed by atoms with van der Waals surface area (Å²) in [4.78, 5) is 11.3. The van der Waals surface area contributed by atoms with Gasteiger partial charge in [0.25, 0.3) is 0 Å². The third kappa shape index (κ3) is 3.76. The second-order valence-corrected chi connectivity index (χ2v) is 9.12. The molecular formula is C18H22N4O2S. The highest BCUT2D eigenvalue weighted by atomic mass is 32.2. The average Bonchev–Trinajstić information content (AvgIpc) is 3.35. The lowest BCUT2D eigenvalue weighted by atomic mass is 10.1. The molecule has 0 amide bonds. The number of hydrogen-bond donors (Lipinski definition) is 1. The molecular weight excluding hydrogens is 336 g/mol.